The maximum absolute atomic E-state index is 12.8. The average Bonchev–Trinajstić information content (AvgIpc) is 2.67. The van der Waals surface area contributed by atoms with Crippen LogP contribution in [0.5, 0.6) is 0 Å². The van der Waals surface area contributed by atoms with Crippen LogP contribution in [0.25, 0.3) is 0 Å². The number of carbonyl (C=O) groups excluding carboxylic acids is 2. The highest BCUT2D eigenvalue weighted by Gasteiger charge is 2.25. The molecule has 2 atom stereocenters. The largest absolute Gasteiger partial charge is 0.465 e. The molecular weight excluding hydrogens is 314 g/mol. The normalized spacial score (nSPS) is 12.9. The van der Waals surface area contributed by atoms with Gasteiger partial charge in [-0.2, -0.15) is 0 Å². The fourth-order valence-electron chi connectivity index (χ4n) is 2.81. The van der Waals surface area contributed by atoms with E-state index < -0.39 is 0 Å². The van der Waals surface area contributed by atoms with Crippen LogP contribution in [-0.2, 0) is 16.1 Å². The Morgan fingerprint density at radius 1 is 1.04 bits per heavy atom. The molecule has 0 aliphatic heterocycles. The first kappa shape index (κ1) is 18.7. The van der Waals surface area contributed by atoms with E-state index in [0.29, 0.717) is 12.1 Å². The summed E-state index contributed by atoms with van der Waals surface area (Å²) in [5.74, 6) is -0.251. The molecule has 0 saturated heterocycles. The molecule has 1 N–H and O–H groups in total. The molecule has 0 radical (unpaired) electrons. The molecule has 0 heterocycles. The van der Waals surface area contributed by atoms with Gasteiger partial charge in [0.05, 0.1) is 18.6 Å². The van der Waals surface area contributed by atoms with Crippen LogP contribution in [0.4, 0.5) is 0 Å². The van der Waals surface area contributed by atoms with Gasteiger partial charge in [0.1, 0.15) is 0 Å². The molecule has 0 saturated carbocycles. The van der Waals surface area contributed by atoms with Gasteiger partial charge in [-0.25, -0.2) is 4.79 Å². The van der Waals surface area contributed by atoms with Crippen LogP contribution in [0.2, 0.25) is 0 Å². The number of methoxy groups -OCH3 is 1. The van der Waals surface area contributed by atoms with E-state index in [1.807, 2.05) is 42.5 Å². The summed E-state index contributed by atoms with van der Waals surface area (Å²) in [5, 5.41) is 3.02. The monoisotopic (exact) mass is 339 g/mol. The lowest BCUT2D eigenvalue weighted by atomic mass is 9.85. The van der Waals surface area contributed by atoms with E-state index in [2.05, 4.69) is 23.9 Å². The van der Waals surface area contributed by atoms with Gasteiger partial charge < -0.3 is 10.1 Å². The summed E-state index contributed by atoms with van der Waals surface area (Å²) < 4.78 is 4.68. The molecule has 2 rings (SSSR count). The lowest BCUT2D eigenvalue weighted by Gasteiger charge is -2.23. The minimum absolute atomic E-state index is 0.0256. The van der Waals surface area contributed by atoms with Gasteiger partial charge in [-0.15, -0.1) is 0 Å². The maximum Gasteiger partial charge on any atom is 0.337 e. The van der Waals surface area contributed by atoms with Crippen molar-refractivity contribution in [3.8, 4) is 0 Å². The molecule has 0 spiro atoms. The number of benzene rings is 2. The third-order valence-corrected chi connectivity index (χ3v) is 4.50. The highest BCUT2D eigenvalue weighted by Crippen LogP contribution is 2.27. The van der Waals surface area contributed by atoms with Crippen molar-refractivity contribution in [3.63, 3.8) is 0 Å². The van der Waals surface area contributed by atoms with E-state index in [1.54, 1.807) is 12.1 Å². The standard InChI is InChI=1S/C21H25NO3/c1-4-15(2)19(17-8-6-5-7-9-17)20(23)22-14-16-10-12-18(13-11-16)21(24)25-3/h5-13,15,19H,4,14H2,1-3H3,(H,22,23)/t15-,19-/m1/s1. The topological polar surface area (TPSA) is 55.4 Å². The highest BCUT2D eigenvalue weighted by molar-refractivity contribution is 5.89. The van der Waals surface area contributed by atoms with Crippen molar-refractivity contribution < 1.29 is 14.3 Å². The summed E-state index contributed by atoms with van der Waals surface area (Å²) in [6.07, 6.45) is 0.931. The van der Waals surface area contributed by atoms with Gasteiger partial charge in [0.15, 0.2) is 0 Å². The molecule has 0 unspecified atom stereocenters. The van der Waals surface area contributed by atoms with Crippen molar-refractivity contribution in [1.82, 2.24) is 5.32 Å². The summed E-state index contributed by atoms with van der Waals surface area (Å²) in [4.78, 5) is 24.2. The minimum atomic E-state index is -0.364. The van der Waals surface area contributed by atoms with Gasteiger partial charge in [-0.1, -0.05) is 62.7 Å². The van der Waals surface area contributed by atoms with E-state index in [-0.39, 0.29) is 23.7 Å². The Bertz CT molecular complexity index is 695. The first-order valence-corrected chi connectivity index (χ1v) is 8.56. The summed E-state index contributed by atoms with van der Waals surface area (Å²) in [7, 11) is 1.36. The third-order valence-electron chi connectivity index (χ3n) is 4.50. The minimum Gasteiger partial charge on any atom is -0.465 e. The molecule has 0 aliphatic carbocycles. The Hall–Kier alpha value is -2.62. The van der Waals surface area contributed by atoms with Crippen LogP contribution < -0.4 is 5.32 Å². The van der Waals surface area contributed by atoms with Crippen molar-refractivity contribution in [3.05, 3.63) is 71.3 Å². The third kappa shape index (κ3) is 4.92. The zero-order chi connectivity index (χ0) is 18.2. The molecule has 25 heavy (non-hydrogen) atoms. The summed E-state index contributed by atoms with van der Waals surface area (Å²) in [6.45, 7) is 4.63. The van der Waals surface area contributed by atoms with Gasteiger partial charge in [0, 0.05) is 6.54 Å². The molecular formula is C21H25NO3. The van der Waals surface area contributed by atoms with Crippen molar-refractivity contribution in [2.45, 2.75) is 32.7 Å². The molecule has 0 aromatic heterocycles. The first-order chi connectivity index (χ1) is 12.1. The van der Waals surface area contributed by atoms with Crippen LogP contribution in [-0.4, -0.2) is 19.0 Å². The van der Waals surface area contributed by atoms with Crippen molar-refractivity contribution in [2.24, 2.45) is 5.92 Å². The number of carbonyl (C=O) groups is 2. The van der Waals surface area contributed by atoms with Crippen LogP contribution in [0.15, 0.2) is 54.6 Å². The molecule has 4 heteroatoms. The summed E-state index contributed by atoms with van der Waals surface area (Å²) in [6, 6.07) is 16.9. The number of hydrogen-bond donors (Lipinski definition) is 1. The molecule has 0 bridgehead atoms. The molecule has 2 aromatic rings. The Morgan fingerprint density at radius 3 is 2.24 bits per heavy atom. The maximum atomic E-state index is 12.8. The number of hydrogen-bond acceptors (Lipinski definition) is 3. The lowest BCUT2D eigenvalue weighted by molar-refractivity contribution is -0.123. The van der Waals surface area contributed by atoms with Crippen LogP contribution in [0.3, 0.4) is 0 Å². The zero-order valence-corrected chi connectivity index (χ0v) is 15.0. The van der Waals surface area contributed by atoms with Crippen LogP contribution in [0.1, 0.15) is 47.7 Å². The molecule has 132 valence electrons. The average molecular weight is 339 g/mol. The number of ether oxygens (including phenoxy) is 1. The second-order valence-corrected chi connectivity index (χ2v) is 6.18. The van der Waals surface area contributed by atoms with Crippen LogP contribution >= 0.6 is 0 Å². The van der Waals surface area contributed by atoms with Gasteiger partial charge in [0.25, 0.3) is 0 Å². The van der Waals surface area contributed by atoms with E-state index >= 15 is 0 Å². The smallest absolute Gasteiger partial charge is 0.337 e. The fourth-order valence-corrected chi connectivity index (χ4v) is 2.81. The van der Waals surface area contributed by atoms with E-state index in [4.69, 9.17) is 0 Å². The SMILES string of the molecule is CC[C@@H](C)[C@@H](C(=O)NCc1ccc(C(=O)OC)cc1)c1ccccc1. The number of nitrogens with one attached hydrogen (secondary N) is 1. The van der Waals surface area contributed by atoms with Crippen molar-refractivity contribution in [2.75, 3.05) is 7.11 Å². The van der Waals surface area contributed by atoms with Gasteiger partial charge in [-0.05, 0) is 29.2 Å². The van der Waals surface area contributed by atoms with Gasteiger partial charge in [-0.3, -0.25) is 4.79 Å². The summed E-state index contributed by atoms with van der Waals surface area (Å²) >= 11 is 0. The van der Waals surface area contributed by atoms with Crippen molar-refractivity contribution in [1.29, 1.82) is 0 Å². The predicted molar refractivity (Wildman–Crippen MR) is 98.3 cm³/mol. The number of amides is 1. The fraction of sp³-hybridized carbons (Fsp3) is 0.333. The second-order valence-electron chi connectivity index (χ2n) is 6.18. The quantitative estimate of drug-likeness (QED) is 0.778. The van der Waals surface area contributed by atoms with E-state index in [1.165, 1.54) is 7.11 Å². The van der Waals surface area contributed by atoms with Crippen molar-refractivity contribution >= 4 is 11.9 Å². The molecule has 0 fully saturated rings. The lowest BCUT2D eigenvalue weighted by Crippen LogP contribution is -2.32. The Kier molecular flexibility index (Phi) is 6.75. The van der Waals surface area contributed by atoms with E-state index in [9.17, 15) is 9.59 Å². The predicted octanol–water partition coefficient (Wildman–Crippen LogP) is 3.92. The Balaban J connectivity index is 2.05. The summed E-state index contributed by atoms with van der Waals surface area (Å²) in [5.41, 5.74) is 2.48. The molecule has 0 aliphatic rings. The van der Waals surface area contributed by atoms with E-state index in [0.717, 1.165) is 17.5 Å². The Labute approximate surface area is 149 Å². The first-order valence-electron chi connectivity index (χ1n) is 8.56. The van der Waals surface area contributed by atoms with Gasteiger partial charge in [0.2, 0.25) is 5.91 Å². The highest BCUT2D eigenvalue weighted by atomic mass is 16.5. The second kappa shape index (κ2) is 9.02. The number of esters is 1. The zero-order valence-electron chi connectivity index (χ0n) is 15.0. The number of rotatable bonds is 7. The Morgan fingerprint density at radius 2 is 1.68 bits per heavy atom. The molecule has 2 aromatic carbocycles. The van der Waals surface area contributed by atoms with Gasteiger partial charge >= 0.3 is 5.97 Å². The van der Waals surface area contributed by atoms with Crippen LogP contribution in [0, 0.1) is 5.92 Å². The molecule has 4 nitrogen and oxygen atoms in total. The molecule has 1 amide bonds.